The summed E-state index contributed by atoms with van der Waals surface area (Å²) in [5, 5.41) is 30.5. The van der Waals surface area contributed by atoms with Crippen LogP contribution in [0.25, 0.3) is 0 Å². The van der Waals surface area contributed by atoms with Crippen LogP contribution in [0.2, 0.25) is 0 Å². The molecule has 7 heteroatoms. The smallest absolute Gasteiger partial charge is 0.340 e. The van der Waals surface area contributed by atoms with Gasteiger partial charge in [0.1, 0.15) is 11.7 Å². The number of carboxylic acids is 1. The van der Waals surface area contributed by atoms with Crippen LogP contribution in [-0.4, -0.2) is 46.0 Å². The summed E-state index contributed by atoms with van der Waals surface area (Å²) >= 11 is 0. The van der Waals surface area contributed by atoms with Gasteiger partial charge in [0.2, 0.25) is 5.95 Å². The predicted octanol–water partition coefficient (Wildman–Crippen LogP) is -0.467. The molecule has 2 atom stereocenters. The number of aliphatic hydroxyl groups excluding tert-OH is 2. The number of carbonyl (C=O) groups is 1. The maximum atomic E-state index is 13.0. The van der Waals surface area contributed by atoms with Crippen molar-refractivity contribution in [1.29, 1.82) is 0 Å². The Morgan fingerprint density at radius 1 is 1.59 bits per heavy atom. The van der Waals surface area contributed by atoms with Gasteiger partial charge in [-0.2, -0.15) is 4.39 Å². The molecule has 0 saturated carbocycles. The number of rotatable bonds is 5. The van der Waals surface area contributed by atoms with Crippen LogP contribution >= 0.6 is 0 Å². The highest BCUT2D eigenvalue weighted by atomic mass is 19.1. The second kappa shape index (κ2) is 5.67. The molecule has 0 fully saturated rings. The SMILES string of the molecule is CNCC(O)C(O)c1cnc(F)c(C(=O)O)c1. The first-order chi connectivity index (χ1) is 7.97. The first-order valence-electron chi connectivity index (χ1n) is 4.86. The van der Waals surface area contributed by atoms with Crippen molar-refractivity contribution in [3.63, 3.8) is 0 Å². The second-order valence-corrected chi connectivity index (χ2v) is 3.48. The van der Waals surface area contributed by atoms with Crippen molar-refractivity contribution >= 4 is 5.97 Å². The number of halogens is 1. The number of aromatic nitrogens is 1. The summed E-state index contributed by atoms with van der Waals surface area (Å²) in [7, 11) is 1.58. The van der Waals surface area contributed by atoms with E-state index in [-0.39, 0.29) is 12.1 Å². The normalized spacial score (nSPS) is 14.4. The van der Waals surface area contributed by atoms with E-state index in [0.717, 1.165) is 12.3 Å². The molecule has 2 unspecified atom stereocenters. The summed E-state index contributed by atoms with van der Waals surface area (Å²) in [6, 6.07) is 0.953. The molecule has 0 saturated heterocycles. The molecule has 1 aromatic rings. The number of hydrogen-bond donors (Lipinski definition) is 4. The van der Waals surface area contributed by atoms with Crippen molar-refractivity contribution in [3.8, 4) is 0 Å². The van der Waals surface area contributed by atoms with Gasteiger partial charge in [-0.25, -0.2) is 9.78 Å². The van der Waals surface area contributed by atoms with Crippen molar-refractivity contribution < 1.29 is 24.5 Å². The van der Waals surface area contributed by atoms with Crippen LogP contribution in [0.3, 0.4) is 0 Å². The van der Waals surface area contributed by atoms with Gasteiger partial charge in [-0.1, -0.05) is 0 Å². The molecule has 0 aliphatic heterocycles. The maximum Gasteiger partial charge on any atom is 0.340 e. The fraction of sp³-hybridized carbons (Fsp3) is 0.400. The zero-order valence-corrected chi connectivity index (χ0v) is 9.09. The summed E-state index contributed by atoms with van der Waals surface area (Å²) in [6.07, 6.45) is -1.46. The largest absolute Gasteiger partial charge is 0.478 e. The third-order valence-corrected chi connectivity index (χ3v) is 2.21. The average molecular weight is 244 g/mol. The third kappa shape index (κ3) is 3.19. The topological polar surface area (TPSA) is 103 Å². The highest BCUT2D eigenvalue weighted by Crippen LogP contribution is 2.18. The minimum absolute atomic E-state index is 0.0477. The summed E-state index contributed by atoms with van der Waals surface area (Å²) in [6.45, 7) is 0.112. The van der Waals surface area contributed by atoms with Crippen molar-refractivity contribution in [2.24, 2.45) is 0 Å². The summed E-state index contributed by atoms with van der Waals surface area (Å²) in [4.78, 5) is 13.9. The Labute approximate surface area is 96.7 Å². The highest BCUT2D eigenvalue weighted by Gasteiger charge is 2.21. The molecule has 17 heavy (non-hydrogen) atoms. The number of likely N-dealkylation sites (N-methyl/N-ethyl adjacent to an activating group) is 1. The lowest BCUT2D eigenvalue weighted by Gasteiger charge is -2.17. The van der Waals surface area contributed by atoms with Crippen LogP contribution in [0.15, 0.2) is 12.3 Å². The van der Waals surface area contributed by atoms with E-state index in [0.29, 0.717) is 0 Å². The molecule has 0 amide bonds. The lowest BCUT2D eigenvalue weighted by Crippen LogP contribution is -2.29. The van der Waals surface area contributed by atoms with Gasteiger partial charge in [-0.05, 0) is 13.1 Å². The molecule has 0 bridgehead atoms. The minimum Gasteiger partial charge on any atom is -0.478 e. The third-order valence-electron chi connectivity index (χ3n) is 2.21. The van der Waals surface area contributed by atoms with E-state index in [2.05, 4.69) is 10.3 Å². The van der Waals surface area contributed by atoms with Gasteiger partial charge in [-0.15, -0.1) is 0 Å². The molecular formula is C10H13FN2O4. The standard InChI is InChI=1S/C10H13FN2O4/c1-12-4-7(14)8(15)5-2-6(10(16)17)9(11)13-3-5/h2-3,7-8,12,14-15H,4H2,1H3,(H,16,17). The van der Waals surface area contributed by atoms with Crippen LogP contribution in [0, 0.1) is 5.95 Å². The lowest BCUT2D eigenvalue weighted by molar-refractivity contribution is 0.0198. The Hall–Kier alpha value is -1.57. The summed E-state index contributed by atoms with van der Waals surface area (Å²) < 4.78 is 13.0. The van der Waals surface area contributed by atoms with E-state index in [1.54, 1.807) is 7.05 Å². The Balaban J connectivity index is 2.99. The van der Waals surface area contributed by atoms with Gasteiger partial charge in [-0.3, -0.25) is 0 Å². The molecule has 94 valence electrons. The molecule has 0 aliphatic rings. The number of aliphatic hydroxyl groups is 2. The van der Waals surface area contributed by atoms with Crippen LogP contribution in [0.1, 0.15) is 22.0 Å². The van der Waals surface area contributed by atoms with Crippen LogP contribution < -0.4 is 5.32 Å². The van der Waals surface area contributed by atoms with Gasteiger partial charge in [0.15, 0.2) is 0 Å². The molecule has 1 heterocycles. The van der Waals surface area contributed by atoms with Gasteiger partial charge < -0.3 is 20.6 Å². The fourth-order valence-corrected chi connectivity index (χ4v) is 1.32. The molecule has 1 rings (SSSR count). The first-order valence-corrected chi connectivity index (χ1v) is 4.86. The lowest BCUT2D eigenvalue weighted by atomic mass is 10.0. The van der Waals surface area contributed by atoms with Gasteiger partial charge in [0.25, 0.3) is 0 Å². The van der Waals surface area contributed by atoms with Crippen molar-refractivity contribution in [2.75, 3.05) is 13.6 Å². The molecule has 0 aliphatic carbocycles. The van der Waals surface area contributed by atoms with Gasteiger partial charge in [0.05, 0.1) is 6.10 Å². The second-order valence-electron chi connectivity index (χ2n) is 3.48. The highest BCUT2D eigenvalue weighted by molar-refractivity contribution is 5.87. The quantitative estimate of drug-likeness (QED) is 0.522. The van der Waals surface area contributed by atoms with E-state index in [1.807, 2.05) is 0 Å². The van der Waals surface area contributed by atoms with Crippen LogP contribution in [0.5, 0.6) is 0 Å². The van der Waals surface area contributed by atoms with Crippen LogP contribution in [-0.2, 0) is 0 Å². The number of nitrogens with zero attached hydrogens (tertiary/aromatic N) is 1. The number of carboxylic acid groups (broad SMARTS) is 1. The molecule has 0 aromatic carbocycles. The molecule has 4 N–H and O–H groups in total. The molecule has 0 radical (unpaired) electrons. The zero-order chi connectivity index (χ0) is 13.0. The predicted molar refractivity (Wildman–Crippen MR) is 56.0 cm³/mol. The minimum atomic E-state index is -1.48. The van der Waals surface area contributed by atoms with E-state index < -0.39 is 29.7 Å². The molecular weight excluding hydrogens is 231 g/mol. The molecule has 6 nitrogen and oxygen atoms in total. The van der Waals surface area contributed by atoms with Gasteiger partial charge >= 0.3 is 5.97 Å². The Kier molecular flexibility index (Phi) is 4.50. The van der Waals surface area contributed by atoms with E-state index in [4.69, 9.17) is 5.11 Å². The van der Waals surface area contributed by atoms with Crippen molar-refractivity contribution in [3.05, 3.63) is 29.3 Å². The molecule has 1 aromatic heterocycles. The number of hydrogen-bond acceptors (Lipinski definition) is 5. The Morgan fingerprint density at radius 3 is 2.76 bits per heavy atom. The first kappa shape index (κ1) is 13.5. The Bertz CT molecular complexity index is 413. The van der Waals surface area contributed by atoms with E-state index >= 15 is 0 Å². The van der Waals surface area contributed by atoms with E-state index in [1.165, 1.54) is 0 Å². The average Bonchev–Trinajstić information content (AvgIpc) is 2.28. The number of nitrogens with one attached hydrogen (secondary N) is 1. The zero-order valence-electron chi connectivity index (χ0n) is 9.09. The van der Waals surface area contributed by atoms with Gasteiger partial charge in [0, 0.05) is 18.3 Å². The number of aromatic carboxylic acids is 1. The monoisotopic (exact) mass is 244 g/mol. The Morgan fingerprint density at radius 2 is 2.24 bits per heavy atom. The number of pyridine rings is 1. The molecule has 0 spiro atoms. The van der Waals surface area contributed by atoms with Crippen LogP contribution in [0.4, 0.5) is 4.39 Å². The summed E-state index contributed by atoms with van der Waals surface area (Å²) in [5.74, 6) is -2.61. The van der Waals surface area contributed by atoms with Crippen molar-refractivity contribution in [1.82, 2.24) is 10.3 Å². The van der Waals surface area contributed by atoms with E-state index in [9.17, 15) is 19.4 Å². The van der Waals surface area contributed by atoms with Crippen molar-refractivity contribution in [2.45, 2.75) is 12.2 Å². The fourth-order valence-electron chi connectivity index (χ4n) is 1.32. The maximum absolute atomic E-state index is 13.0. The summed E-state index contributed by atoms with van der Waals surface area (Å²) in [5.41, 5.74) is -0.593.